The number of amides is 3. The molecule has 1 aliphatic heterocycles. The van der Waals surface area contributed by atoms with E-state index in [1.54, 1.807) is 31.7 Å². The molecule has 0 spiro atoms. The number of hydrogen-bond acceptors (Lipinski definition) is 6. The molecular weight excluding hydrogens is 613 g/mol. The lowest BCUT2D eigenvalue weighted by atomic mass is 10.1. The lowest BCUT2D eigenvalue weighted by Gasteiger charge is -2.37. The van der Waals surface area contributed by atoms with Crippen LogP contribution < -0.4 is 20.9 Å². The van der Waals surface area contributed by atoms with Gasteiger partial charge >= 0.3 is 12.3 Å². The first-order valence-electron chi connectivity index (χ1n) is 13.9. The largest absolute Gasteiger partial charge is 0.444 e. The molecule has 0 aromatic heterocycles. The first-order chi connectivity index (χ1) is 20.5. The van der Waals surface area contributed by atoms with Gasteiger partial charge in [0.15, 0.2) is 11.6 Å². The van der Waals surface area contributed by atoms with E-state index in [-0.39, 0.29) is 37.3 Å². The van der Waals surface area contributed by atoms with E-state index in [2.05, 4.69) is 16.0 Å². The Balaban J connectivity index is 1.59. The monoisotopic (exact) mass is 647 g/mol. The Kier molecular flexibility index (Phi) is 11.8. The quantitative estimate of drug-likeness (QED) is 0.296. The van der Waals surface area contributed by atoms with Crippen LogP contribution in [-0.2, 0) is 16.1 Å². The number of halogens is 6. The molecule has 3 rings (SSSR count). The minimum absolute atomic E-state index is 0.0306. The number of carbonyl (C=O) groups excluding carboxylic acids is 3. The zero-order valence-electron chi connectivity index (χ0n) is 24.5. The maximum Gasteiger partial charge on any atom is 0.407 e. The van der Waals surface area contributed by atoms with Gasteiger partial charge in [0, 0.05) is 62.8 Å². The van der Waals surface area contributed by atoms with Crippen molar-refractivity contribution in [2.24, 2.45) is 0 Å². The zero-order valence-corrected chi connectivity index (χ0v) is 25.3. The minimum atomic E-state index is -4.25. The maximum atomic E-state index is 15.0. The van der Waals surface area contributed by atoms with Crippen LogP contribution in [0.15, 0.2) is 30.3 Å². The predicted octanol–water partition coefficient (Wildman–Crippen LogP) is 5.48. The highest BCUT2D eigenvalue weighted by Crippen LogP contribution is 2.31. The van der Waals surface area contributed by atoms with Gasteiger partial charge in [-0.3, -0.25) is 14.5 Å². The van der Waals surface area contributed by atoms with Crippen molar-refractivity contribution in [1.82, 2.24) is 15.5 Å². The number of hydrogen-bond donors (Lipinski definition) is 3. The molecule has 3 N–H and O–H groups in total. The van der Waals surface area contributed by atoms with Gasteiger partial charge in [0.25, 0.3) is 5.91 Å². The number of carbonyl (C=O) groups is 3. The van der Waals surface area contributed by atoms with Crippen LogP contribution in [0.25, 0.3) is 0 Å². The molecule has 2 aromatic rings. The second kappa shape index (κ2) is 14.9. The molecule has 0 aliphatic carbocycles. The van der Waals surface area contributed by atoms with E-state index in [4.69, 9.17) is 16.3 Å². The summed E-state index contributed by atoms with van der Waals surface area (Å²) in [7, 11) is 0. The molecule has 1 fully saturated rings. The Morgan fingerprint density at radius 2 is 1.64 bits per heavy atom. The summed E-state index contributed by atoms with van der Waals surface area (Å²) in [5, 5.41) is 7.77. The highest BCUT2D eigenvalue weighted by Gasteiger charge is 2.29. The number of benzene rings is 2. The van der Waals surface area contributed by atoms with Crippen LogP contribution in [0, 0.1) is 11.6 Å². The van der Waals surface area contributed by atoms with Gasteiger partial charge in [0.2, 0.25) is 5.91 Å². The molecule has 15 heteroatoms. The van der Waals surface area contributed by atoms with E-state index in [0.717, 1.165) is 6.07 Å². The zero-order chi connectivity index (χ0) is 32.7. The Morgan fingerprint density at radius 1 is 0.955 bits per heavy atom. The lowest BCUT2D eigenvalue weighted by molar-refractivity contribution is -0.138. The van der Waals surface area contributed by atoms with E-state index in [1.807, 2.05) is 4.90 Å². The molecule has 0 atom stereocenters. The molecule has 1 saturated heterocycles. The summed E-state index contributed by atoms with van der Waals surface area (Å²) < 4.78 is 72.6. The highest BCUT2D eigenvalue weighted by atomic mass is 35.5. The molecule has 1 heterocycles. The van der Waals surface area contributed by atoms with Crippen LogP contribution in [0.5, 0.6) is 0 Å². The second-order valence-corrected chi connectivity index (χ2v) is 11.6. The number of rotatable bonds is 10. The summed E-state index contributed by atoms with van der Waals surface area (Å²) in [6.45, 7) is 6.00. The molecule has 9 nitrogen and oxygen atoms in total. The third kappa shape index (κ3) is 10.8. The Hall–Kier alpha value is -3.65. The molecule has 0 bridgehead atoms. The van der Waals surface area contributed by atoms with Crippen molar-refractivity contribution in [3.05, 3.63) is 58.1 Å². The maximum absolute atomic E-state index is 15.0. The summed E-state index contributed by atoms with van der Waals surface area (Å²) in [4.78, 5) is 40.3. The van der Waals surface area contributed by atoms with Gasteiger partial charge in [-0.1, -0.05) is 17.7 Å². The van der Waals surface area contributed by atoms with E-state index in [9.17, 15) is 36.3 Å². The average Bonchev–Trinajstić information content (AvgIpc) is 2.92. The number of alkyl carbamates (subject to hydrolysis) is 1. The van der Waals surface area contributed by atoms with Gasteiger partial charge in [-0.2, -0.15) is 13.2 Å². The SMILES string of the molecule is CC(C)(C)OC(=O)NCCC(=O)NCc1ccc(C(=O)Nc2ccc(Cl)cc2N2CCN(CCC(F)(F)F)CC2)c(F)c1F. The van der Waals surface area contributed by atoms with Gasteiger partial charge in [0.1, 0.15) is 5.60 Å². The Morgan fingerprint density at radius 3 is 2.27 bits per heavy atom. The van der Waals surface area contributed by atoms with Gasteiger partial charge in [0.05, 0.1) is 23.4 Å². The third-order valence-corrected chi connectivity index (χ3v) is 6.77. The highest BCUT2D eigenvalue weighted by molar-refractivity contribution is 6.31. The molecule has 242 valence electrons. The number of piperazine rings is 1. The Bertz CT molecular complexity index is 1340. The molecule has 0 unspecified atom stereocenters. The van der Waals surface area contributed by atoms with Crippen molar-refractivity contribution in [3.63, 3.8) is 0 Å². The van der Waals surface area contributed by atoms with Gasteiger partial charge < -0.3 is 25.6 Å². The summed E-state index contributed by atoms with van der Waals surface area (Å²) in [5.41, 5.74) is -0.712. The van der Waals surface area contributed by atoms with Crippen LogP contribution >= 0.6 is 11.6 Å². The fourth-order valence-electron chi connectivity index (χ4n) is 4.33. The number of ether oxygens (including phenoxy) is 1. The minimum Gasteiger partial charge on any atom is -0.444 e. The number of alkyl halides is 3. The fraction of sp³-hybridized carbons (Fsp3) is 0.483. The molecule has 2 aromatic carbocycles. The number of nitrogens with one attached hydrogen (secondary N) is 3. The van der Waals surface area contributed by atoms with E-state index < -0.39 is 53.3 Å². The summed E-state index contributed by atoms with van der Waals surface area (Å²) >= 11 is 6.16. The third-order valence-electron chi connectivity index (χ3n) is 6.54. The molecule has 0 saturated carbocycles. The van der Waals surface area contributed by atoms with Crippen molar-refractivity contribution in [1.29, 1.82) is 0 Å². The predicted molar refractivity (Wildman–Crippen MR) is 156 cm³/mol. The topological polar surface area (TPSA) is 103 Å². The average molecular weight is 648 g/mol. The molecule has 44 heavy (non-hydrogen) atoms. The van der Waals surface area contributed by atoms with Crippen LogP contribution in [-0.4, -0.2) is 73.9 Å². The summed E-state index contributed by atoms with van der Waals surface area (Å²) in [5.74, 6) is -4.18. The lowest BCUT2D eigenvalue weighted by Crippen LogP contribution is -2.47. The van der Waals surface area contributed by atoms with Crippen LogP contribution in [0.2, 0.25) is 5.02 Å². The van der Waals surface area contributed by atoms with Crippen LogP contribution in [0.3, 0.4) is 0 Å². The van der Waals surface area contributed by atoms with Crippen LogP contribution in [0.4, 0.5) is 38.1 Å². The van der Waals surface area contributed by atoms with Crippen LogP contribution in [0.1, 0.15) is 49.5 Å². The summed E-state index contributed by atoms with van der Waals surface area (Å²) in [6, 6.07) is 6.85. The standard InChI is InChI=1S/C29H35ClF5N5O4/c1-28(2,3)44-27(43)36-10-8-23(41)37-17-18-4-6-20(25(32)24(18)31)26(42)38-21-7-5-19(30)16-22(21)40-14-12-39(13-15-40)11-9-29(33,34)35/h4-7,16H,8-15,17H2,1-3H3,(H,36,43)(H,37,41)(H,38,42). The van der Waals surface area contributed by atoms with Crippen molar-refractivity contribution < 1.29 is 41.1 Å². The van der Waals surface area contributed by atoms with Crippen molar-refractivity contribution in [3.8, 4) is 0 Å². The smallest absolute Gasteiger partial charge is 0.407 e. The van der Waals surface area contributed by atoms with Gasteiger partial charge in [-0.05, 0) is 45.0 Å². The van der Waals surface area contributed by atoms with Crippen molar-refractivity contribution in [2.45, 2.75) is 51.9 Å². The van der Waals surface area contributed by atoms with E-state index in [1.165, 1.54) is 18.2 Å². The molecule has 0 radical (unpaired) electrons. The second-order valence-electron chi connectivity index (χ2n) is 11.2. The van der Waals surface area contributed by atoms with Crippen molar-refractivity contribution in [2.75, 3.05) is 49.5 Å². The van der Waals surface area contributed by atoms with E-state index in [0.29, 0.717) is 36.9 Å². The van der Waals surface area contributed by atoms with Gasteiger partial charge in [-0.15, -0.1) is 0 Å². The first-order valence-corrected chi connectivity index (χ1v) is 14.3. The first kappa shape index (κ1) is 34.8. The fourth-order valence-corrected chi connectivity index (χ4v) is 4.50. The molecule has 1 aliphatic rings. The van der Waals surface area contributed by atoms with E-state index >= 15 is 0 Å². The van der Waals surface area contributed by atoms with Gasteiger partial charge in [-0.25, -0.2) is 13.6 Å². The number of anilines is 2. The normalized spacial score (nSPS) is 14.2. The summed E-state index contributed by atoms with van der Waals surface area (Å²) in [6.07, 6.45) is -5.98. The molecule has 3 amide bonds. The molecular formula is C29H35ClF5N5O4. The van der Waals surface area contributed by atoms with Crippen molar-refractivity contribution >= 4 is 40.9 Å². The Labute approximate surface area is 257 Å². The number of nitrogens with zero attached hydrogens (tertiary/aromatic N) is 2.